The molecular weight excluding hydrogens is 286 g/mol. The van der Waals surface area contributed by atoms with Crippen LogP contribution in [0.2, 0.25) is 0 Å². The highest BCUT2D eigenvalue weighted by Gasteiger charge is 2.22. The number of para-hydroxylation sites is 2. The minimum Gasteiger partial charge on any atom is -0.450 e. The van der Waals surface area contributed by atoms with Crippen LogP contribution in [0.25, 0.3) is 11.3 Å². The zero-order valence-electron chi connectivity index (χ0n) is 13.5. The number of hydrogen-bond acceptors (Lipinski definition) is 2. The third-order valence-electron chi connectivity index (χ3n) is 4.14. The molecule has 23 heavy (non-hydrogen) atoms. The number of hydrogen-bond donors (Lipinski definition) is 0. The first-order chi connectivity index (χ1) is 11.1. The van der Waals surface area contributed by atoms with Crippen LogP contribution < -0.4 is 14.0 Å². The summed E-state index contributed by atoms with van der Waals surface area (Å²) in [4.78, 5) is 0. The molecule has 0 spiro atoms. The van der Waals surface area contributed by atoms with Crippen LogP contribution in [0.4, 0.5) is 0 Å². The number of pyridine rings is 1. The van der Waals surface area contributed by atoms with Gasteiger partial charge < -0.3 is 9.47 Å². The summed E-state index contributed by atoms with van der Waals surface area (Å²) < 4.78 is 14.1. The van der Waals surface area contributed by atoms with Crippen LogP contribution in [0.3, 0.4) is 0 Å². The van der Waals surface area contributed by atoms with Gasteiger partial charge in [-0.3, -0.25) is 0 Å². The number of rotatable bonds is 1. The van der Waals surface area contributed by atoms with Crippen LogP contribution in [-0.2, 0) is 7.05 Å². The highest BCUT2D eigenvalue weighted by atomic mass is 16.6. The SMILES string of the molecule is Cc1ccc(-c2cc3c(cc2C)Oc2ccccc2O3)[n+](C)c1. The molecule has 2 aromatic carbocycles. The summed E-state index contributed by atoms with van der Waals surface area (Å²) in [5.74, 6) is 3.03. The Morgan fingerprint density at radius 1 is 0.783 bits per heavy atom. The lowest BCUT2D eigenvalue weighted by Gasteiger charge is -2.21. The Bertz CT molecular complexity index is 916. The normalized spacial score (nSPS) is 12.0. The number of aryl methyl sites for hydroxylation is 3. The van der Waals surface area contributed by atoms with Gasteiger partial charge in [0.05, 0.1) is 5.56 Å². The lowest BCUT2D eigenvalue weighted by molar-refractivity contribution is -0.660. The lowest BCUT2D eigenvalue weighted by atomic mass is 10.0. The smallest absolute Gasteiger partial charge is 0.212 e. The molecule has 0 unspecified atom stereocenters. The van der Waals surface area contributed by atoms with E-state index in [9.17, 15) is 0 Å². The Kier molecular flexibility index (Phi) is 3.08. The number of aromatic nitrogens is 1. The molecule has 0 bridgehead atoms. The van der Waals surface area contributed by atoms with Gasteiger partial charge in [-0.25, -0.2) is 4.57 Å². The van der Waals surface area contributed by atoms with Gasteiger partial charge in [0, 0.05) is 11.6 Å². The molecule has 4 rings (SSSR count). The molecule has 1 aliphatic rings. The van der Waals surface area contributed by atoms with Crippen molar-refractivity contribution in [1.29, 1.82) is 0 Å². The Hall–Kier alpha value is -2.81. The predicted molar refractivity (Wildman–Crippen MR) is 89.1 cm³/mol. The van der Waals surface area contributed by atoms with Gasteiger partial charge >= 0.3 is 0 Å². The monoisotopic (exact) mass is 304 g/mol. The topological polar surface area (TPSA) is 22.3 Å². The second kappa shape index (κ2) is 5.13. The zero-order chi connectivity index (χ0) is 16.0. The highest BCUT2D eigenvalue weighted by molar-refractivity contribution is 5.68. The van der Waals surface area contributed by atoms with Gasteiger partial charge in [0.2, 0.25) is 5.69 Å². The van der Waals surface area contributed by atoms with Crippen molar-refractivity contribution in [3.05, 3.63) is 65.9 Å². The van der Waals surface area contributed by atoms with E-state index < -0.39 is 0 Å². The highest BCUT2D eigenvalue weighted by Crippen LogP contribution is 2.46. The van der Waals surface area contributed by atoms with Gasteiger partial charge in [0.1, 0.15) is 7.05 Å². The largest absolute Gasteiger partial charge is 0.450 e. The van der Waals surface area contributed by atoms with E-state index in [2.05, 4.69) is 49.9 Å². The van der Waals surface area contributed by atoms with Gasteiger partial charge in [0.25, 0.3) is 0 Å². The van der Waals surface area contributed by atoms with Gasteiger partial charge in [-0.15, -0.1) is 0 Å². The van der Waals surface area contributed by atoms with Crippen molar-refractivity contribution >= 4 is 0 Å². The summed E-state index contributed by atoms with van der Waals surface area (Å²) in [6.45, 7) is 4.19. The van der Waals surface area contributed by atoms with Crippen molar-refractivity contribution in [2.45, 2.75) is 13.8 Å². The van der Waals surface area contributed by atoms with E-state index in [1.54, 1.807) is 0 Å². The maximum absolute atomic E-state index is 6.02. The summed E-state index contributed by atoms with van der Waals surface area (Å²) in [5, 5.41) is 0. The van der Waals surface area contributed by atoms with Gasteiger partial charge in [-0.2, -0.15) is 0 Å². The Morgan fingerprint density at radius 3 is 2.09 bits per heavy atom. The molecule has 0 saturated carbocycles. The van der Waals surface area contributed by atoms with Gasteiger partial charge in [0.15, 0.2) is 29.2 Å². The molecule has 3 heteroatoms. The zero-order valence-corrected chi connectivity index (χ0v) is 13.5. The first-order valence-electron chi connectivity index (χ1n) is 7.68. The summed E-state index contributed by atoms with van der Waals surface area (Å²) in [6.07, 6.45) is 2.13. The molecule has 0 saturated heterocycles. The second-order valence-electron chi connectivity index (χ2n) is 5.97. The molecule has 0 amide bonds. The average Bonchev–Trinajstić information content (AvgIpc) is 2.53. The van der Waals surface area contributed by atoms with E-state index >= 15 is 0 Å². The molecule has 2 heterocycles. The molecule has 3 nitrogen and oxygen atoms in total. The second-order valence-corrected chi connectivity index (χ2v) is 5.97. The Balaban J connectivity index is 1.83. The lowest BCUT2D eigenvalue weighted by Crippen LogP contribution is -2.31. The average molecular weight is 304 g/mol. The van der Waals surface area contributed by atoms with E-state index in [1.165, 1.54) is 5.56 Å². The fourth-order valence-corrected chi connectivity index (χ4v) is 2.98. The van der Waals surface area contributed by atoms with E-state index in [4.69, 9.17) is 9.47 Å². The quantitative estimate of drug-likeness (QED) is 0.476. The molecule has 0 aliphatic carbocycles. The number of benzene rings is 2. The van der Waals surface area contributed by atoms with Crippen LogP contribution in [0, 0.1) is 13.8 Å². The number of fused-ring (bicyclic) bond motifs is 2. The van der Waals surface area contributed by atoms with E-state index in [1.807, 2.05) is 30.3 Å². The van der Waals surface area contributed by atoms with E-state index in [0.29, 0.717) is 0 Å². The Morgan fingerprint density at radius 2 is 1.43 bits per heavy atom. The third kappa shape index (κ3) is 2.34. The van der Waals surface area contributed by atoms with Crippen LogP contribution in [0.1, 0.15) is 11.1 Å². The number of ether oxygens (including phenoxy) is 2. The van der Waals surface area contributed by atoms with Gasteiger partial charge in [-0.1, -0.05) is 12.1 Å². The fourth-order valence-electron chi connectivity index (χ4n) is 2.98. The van der Waals surface area contributed by atoms with Crippen LogP contribution in [0.5, 0.6) is 23.0 Å². The van der Waals surface area contributed by atoms with Crippen molar-refractivity contribution in [3.8, 4) is 34.3 Å². The minimum absolute atomic E-state index is 0.753. The fraction of sp³-hybridized carbons (Fsp3) is 0.150. The maximum Gasteiger partial charge on any atom is 0.212 e. The van der Waals surface area contributed by atoms with Crippen LogP contribution in [-0.4, -0.2) is 0 Å². The molecule has 0 N–H and O–H groups in total. The first-order valence-corrected chi connectivity index (χ1v) is 7.68. The maximum atomic E-state index is 6.02. The molecule has 0 fully saturated rings. The standard InChI is InChI=1S/C20H18NO2/c1-13-8-9-16(21(3)12-13)15-11-20-19(10-14(15)2)22-17-6-4-5-7-18(17)23-20/h4-12H,1-3H3/q+1. The van der Waals surface area contributed by atoms with Crippen molar-refractivity contribution < 1.29 is 14.0 Å². The van der Waals surface area contributed by atoms with Crippen molar-refractivity contribution in [2.75, 3.05) is 0 Å². The van der Waals surface area contributed by atoms with Crippen LogP contribution >= 0.6 is 0 Å². The number of nitrogens with zero attached hydrogens (tertiary/aromatic N) is 1. The van der Waals surface area contributed by atoms with Gasteiger partial charge in [-0.05, 0) is 49.7 Å². The summed E-state index contributed by atoms with van der Waals surface area (Å²) >= 11 is 0. The third-order valence-corrected chi connectivity index (χ3v) is 4.14. The van der Waals surface area contributed by atoms with Crippen LogP contribution in [0.15, 0.2) is 54.7 Å². The molecule has 1 aromatic heterocycles. The van der Waals surface area contributed by atoms with E-state index in [0.717, 1.165) is 39.8 Å². The summed E-state index contributed by atoms with van der Waals surface area (Å²) in [6, 6.07) is 16.1. The summed E-state index contributed by atoms with van der Waals surface area (Å²) in [7, 11) is 2.06. The molecule has 0 radical (unpaired) electrons. The molecule has 1 aliphatic heterocycles. The van der Waals surface area contributed by atoms with E-state index in [-0.39, 0.29) is 0 Å². The first kappa shape index (κ1) is 13.8. The molecule has 0 atom stereocenters. The van der Waals surface area contributed by atoms with Crippen molar-refractivity contribution in [2.24, 2.45) is 7.05 Å². The minimum atomic E-state index is 0.753. The summed E-state index contributed by atoms with van der Waals surface area (Å²) in [5.41, 5.74) is 4.69. The Labute approximate surface area is 135 Å². The molecular formula is C20H18NO2+. The molecule has 3 aromatic rings. The van der Waals surface area contributed by atoms with Crippen molar-refractivity contribution in [3.63, 3.8) is 0 Å². The van der Waals surface area contributed by atoms with Crippen molar-refractivity contribution in [1.82, 2.24) is 0 Å². The molecule has 114 valence electrons. The predicted octanol–water partition coefficient (Wildman–Crippen LogP) is 4.69.